The molecule has 0 bridgehead atoms. The molecule has 0 amide bonds. The number of hydrogen-bond donors (Lipinski definition) is 1. The number of alkyl halides is 3. The van der Waals surface area contributed by atoms with E-state index >= 15 is 0 Å². The lowest BCUT2D eigenvalue weighted by molar-refractivity contribution is -0.125. The zero-order valence-electron chi connectivity index (χ0n) is 9.71. The molecule has 2 aromatic rings. The molecule has 1 aromatic heterocycles. The van der Waals surface area contributed by atoms with E-state index < -0.39 is 11.4 Å². The Bertz CT molecular complexity index is 553. The monoisotopic (exact) mass is 276 g/mol. The van der Waals surface area contributed by atoms with Crippen LogP contribution in [0.3, 0.4) is 0 Å². The summed E-state index contributed by atoms with van der Waals surface area (Å²) in [6.07, 6.45) is -4.23. The first kappa shape index (κ1) is 13.1. The Morgan fingerprint density at radius 2 is 2.11 bits per heavy atom. The number of ether oxygens (including phenoxy) is 1. The fraction of sp³-hybridized carbons (Fsp3) is 0.364. The molecule has 1 N–H and O–H groups in total. The van der Waals surface area contributed by atoms with Gasteiger partial charge in [-0.3, -0.25) is 0 Å². The van der Waals surface area contributed by atoms with Crippen LogP contribution in [-0.4, -0.2) is 28.5 Å². The molecule has 18 heavy (non-hydrogen) atoms. The van der Waals surface area contributed by atoms with Gasteiger partial charge in [0, 0.05) is 6.07 Å². The highest BCUT2D eigenvalue weighted by molar-refractivity contribution is 7.99. The molecule has 0 spiro atoms. The third kappa shape index (κ3) is 2.72. The van der Waals surface area contributed by atoms with Gasteiger partial charge in [-0.1, -0.05) is 11.8 Å². The second-order valence-corrected chi connectivity index (χ2v) is 5.06. The van der Waals surface area contributed by atoms with Crippen molar-refractivity contribution in [3.8, 4) is 5.75 Å². The number of benzene rings is 1. The highest BCUT2D eigenvalue weighted by Crippen LogP contribution is 2.34. The highest BCUT2D eigenvalue weighted by Gasteiger charge is 2.37. The van der Waals surface area contributed by atoms with Crippen LogP contribution in [0, 0.1) is 0 Å². The standard InChI is InChI=1S/C11H11F3N2OS/c1-6(11(12,13)14)18-10-15-8-4-3-7(17-2)5-9(8)16-10/h3-6H,1-2H3,(H,15,16). The van der Waals surface area contributed by atoms with Crippen LogP contribution in [0.4, 0.5) is 13.2 Å². The van der Waals surface area contributed by atoms with E-state index in [-0.39, 0.29) is 5.16 Å². The summed E-state index contributed by atoms with van der Waals surface area (Å²) in [5, 5.41) is -1.25. The lowest BCUT2D eigenvalue weighted by Crippen LogP contribution is -2.22. The topological polar surface area (TPSA) is 37.9 Å². The molecule has 0 saturated carbocycles. The van der Waals surface area contributed by atoms with Gasteiger partial charge in [-0.05, 0) is 19.1 Å². The Hall–Kier alpha value is -1.37. The zero-order valence-corrected chi connectivity index (χ0v) is 10.5. The molecule has 0 fully saturated rings. The van der Waals surface area contributed by atoms with Gasteiger partial charge in [-0.2, -0.15) is 13.2 Å². The minimum absolute atomic E-state index is 0.253. The Kier molecular flexibility index (Phi) is 3.43. The van der Waals surface area contributed by atoms with Crippen LogP contribution in [0.5, 0.6) is 5.75 Å². The second-order valence-electron chi connectivity index (χ2n) is 3.73. The number of H-pyrrole nitrogens is 1. The van der Waals surface area contributed by atoms with E-state index in [2.05, 4.69) is 9.97 Å². The van der Waals surface area contributed by atoms with E-state index in [1.165, 1.54) is 7.11 Å². The first-order valence-corrected chi connectivity index (χ1v) is 6.05. The van der Waals surface area contributed by atoms with Gasteiger partial charge < -0.3 is 9.72 Å². The number of methoxy groups -OCH3 is 1. The van der Waals surface area contributed by atoms with Gasteiger partial charge in [0.25, 0.3) is 0 Å². The molecular weight excluding hydrogens is 265 g/mol. The SMILES string of the molecule is COc1ccc2nc(SC(C)C(F)(F)F)[nH]c2c1. The number of imidazole rings is 1. The van der Waals surface area contributed by atoms with E-state index in [1.807, 2.05) is 0 Å². The van der Waals surface area contributed by atoms with E-state index in [4.69, 9.17) is 4.74 Å². The van der Waals surface area contributed by atoms with Gasteiger partial charge in [-0.25, -0.2) is 4.98 Å². The maximum absolute atomic E-state index is 12.4. The molecule has 0 aliphatic rings. The van der Waals surface area contributed by atoms with Crippen LogP contribution >= 0.6 is 11.8 Å². The summed E-state index contributed by atoms with van der Waals surface area (Å²) < 4.78 is 42.3. The van der Waals surface area contributed by atoms with Crippen molar-refractivity contribution < 1.29 is 17.9 Å². The molecule has 0 aliphatic carbocycles. The van der Waals surface area contributed by atoms with Gasteiger partial charge in [0.2, 0.25) is 0 Å². The average Bonchev–Trinajstić information content (AvgIpc) is 2.68. The van der Waals surface area contributed by atoms with Gasteiger partial charge in [0.1, 0.15) is 11.0 Å². The summed E-state index contributed by atoms with van der Waals surface area (Å²) in [5.41, 5.74) is 1.28. The maximum atomic E-state index is 12.4. The molecule has 7 heteroatoms. The maximum Gasteiger partial charge on any atom is 0.400 e. The molecule has 1 unspecified atom stereocenters. The fourth-order valence-electron chi connectivity index (χ4n) is 1.38. The molecule has 1 heterocycles. The predicted octanol–water partition coefficient (Wildman–Crippen LogP) is 3.61. The summed E-state index contributed by atoms with van der Waals surface area (Å²) in [4.78, 5) is 6.94. The molecule has 0 saturated heterocycles. The normalized spacial score (nSPS) is 13.8. The molecule has 0 radical (unpaired) electrons. The van der Waals surface area contributed by atoms with E-state index in [0.29, 0.717) is 28.5 Å². The van der Waals surface area contributed by atoms with Gasteiger partial charge >= 0.3 is 6.18 Å². The van der Waals surface area contributed by atoms with Gasteiger partial charge in [0.15, 0.2) is 5.16 Å². The molecule has 98 valence electrons. The van der Waals surface area contributed by atoms with Crippen LogP contribution < -0.4 is 4.74 Å². The number of fused-ring (bicyclic) bond motifs is 1. The van der Waals surface area contributed by atoms with Crippen molar-refractivity contribution in [2.24, 2.45) is 0 Å². The summed E-state index contributed by atoms with van der Waals surface area (Å²) in [5.74, 6) is 0.631. The third-order valence-corrected chi connectivity index (χ3v) is 3.45. The quantitative estimate of drug-likeness (QED) is 0.870. The average molecular weight is 276 g/mol. The summed E-state index contributed by atoms with van der Waals surface area (Å²) in [6.45, 7) is 1.11. The second kappa shape index (κ2) is 4.72. The van der Waals surface area contributed by atoms with Crippen molar-refractivity contribution in [3.63, 3.8) is 0 Å². The highest BCUT2D eigenvalue weighted by atomic mass is 32.2. The predicted molar refractivity (Wildman–Crippen MR) is 64.0 cm³/mol. The number of hydrogen-bond acceptors (Lipinski definition) is 3. The Labute approximate surface area is 106 Å². The van der Waals surface area contributed by atoms with Gasteiger partial charge in [-0.15, -0.1) is 0 Å². The number of halogens is 3. The van der Waals surface area contributed by atoms with E-state index in [9.17, 15) is 13.2 Å². The Morgan fingerprint density at radius 3 is 2.72 bits per heavy atom. The van der Waals surface area contributed by atoms with Crippen LogP contribution in [0.1, 0.15) is 6.92 Å². The van der Waals surface area contributed by atoms with Crippen LogP contribution in [-0.2, 0) is 0 Å². The molecule has 2 rings (SSSR count). The number of aromatic nitrogens is 2. The first-order chi connectivity index (χ1) is 8.40. The Balaban J connectivity index is 2.25. The minimum Gasteiger partial charge on any atom is -0.497 e. The van der Waals surface area contributed by atoms with Crippen molar-refractivity contribution >= 4 is 22.8 Å². The molecule has 1 aromatic carbocycles. The largest absolute Gasteiger partial charge is 0.497 e. The smallest absolute Gasteiger partial charge is 0.400 e. The molecule has 3 nitrogen and oxygen atoms in total. The number of aromatic amines is 1. The fourth-order valence-corrected chi connectivity index (χ4v) is 2.17. The zero-order chi connectivity index (χ0) is 13.3. The summed E-state index contributed by atoms with van der Waals surface area (Å²) in [6, 6.07) is 5.11. The number of thioether (sulfide) groups is 1. The van der Waals surface area contributed by atoms with Gasteiger partial charge in [0.05, 0.1) is 18.1 Å². The van der Waals surface area contributed by atoms with Crippen molar-refractivity contribution in [2.45, 2.75) is 23.5 Å². The lowest BCUT2D eigenvalue weighted by atomic mass is 10.3. The molecule has 0 aliphatic heterocycles. The third-order valence-electron chi connectivity index (χ3n) is 2.42. The molecular formula is C11H11F3N2OS. The van der Waals surface area contributed by atoms with Crippen molar-refractivity contribution in [1.29, 1.82) is 0 Å². The van der Waals surface area contributed by atoms with Crippen LogP contribution in [0.25, 0.3) is 11.0 Å². The number of nitrogens with zero attached hydrogens (tertiary/aromatic N) is 1. The van der Waals surface area contributed by atoms with Crippen molar-refractivity contribution in [2.75, 3.05) is 7.11 Å². The number of nitrogens with one attached hydrogen (secondary N) is 1. The minimum atomic E-state index is -4.23. The number of rotatable bonds is 3. The first-order valence-electron chi connectivity index (χ1n) is 5.17. The lowest BCUT2D eigenvalue weighted by Gasteiger charge is -2.12. The molecule has 1 atom stereocenters. The van der Waals surface area contributed by atoms with Crippen LogP contribution in [0.2, 0.25) is 0 Å². The van der Waals surface area contributed by atoms with Crippen molar-refractivity contribution in [3.05, 3.63) is 18.2 Å². The van der Waals surface area contributed by atoms with Crippen LogP contribution in [0.15, 0.2) is 23.4 Å². The summed E-state index contributed by atoms with van der Waals surface area (Å²) >= 11 is 0.657. The van der Waals surface area contributed by atoms with E-state index in [0.717, 1.165) is 6.92 Å². The van der Waals surface area contributed by atoms with E-state index in [1.54, 1.807) is 18.2 Å². The summed E-state index contributed by atoms with van der Waals surface area (Å²) in [7, 11) is 1.53. The van der Waals surface area contributed by atoms with Crippen molar-refractivity contribution in [1.82, 2.24) is 9.97 Å². The Morgan fingerprint density at radius 1 is 1.39 bits per heavy atom.